The molecule has 38 valence electrons. The predicted octanol–water partition coefficient (Wildman–Crippen LogP) is -2.31. The van der Waals surface area contributed by atoms with Gasteiger partial charge in [0.15, 0.2) is 0 Å². The van der Waals surface area contributed by atoms with Crippen LogP contribution in [0.2, 0.25) is 0 Å². The van der Waals surface area contributed by atoms with Gasteiger partial charge >= 0.3 is 0 Å². The number of hydrogen-bond donors (Lipinski definition) is 2. The molecule has 0 unspecified atom stereocenters. The van der Waals surface area contributed by atoms with Crippen molar-refractivity contribution in [1.82, 2.24) is 5.32 Å². The summed E-state index contributed by atoms with van der Waals surface area (Å²) in [5, 5.41) is 9.30. The van der Waals surface area contributed by atoms with E-state index in [1.54, 1.807) is 0 Å². The Morgan fingerprint density at radius 2 is 1.88 bits per heavy atom. The molecule has 0 aromatic heterocycles. The number of aliphatic hydroxyl groups is 1. The van der Waals surface area contributed by atoms with Gasteiger partial charge in [-0.2, -0.15) is 0 Å². The van der Waals surface area contributed by atoms with Gasteiger partial charge in [-0.15, -0.1) is 0 Å². The average Bonchev–Trinajstić information content (AvgIpc) is 1.59. The molecule has 0 aromatic carbocycles. The summed E-state index contributed by atoms with van der Waals surface area (Å²) in [6, 6.07) is 0. The van der Waals surface area contributed by atoms with Crippen molar-refractivity contribution in [3.05, 3.63) is 0 Å². The zero-order valence-electron chi connectivity index (χ0n) is 4.59. The Balaban J connectivity index is 3.11. The van der Waals surface area contributed by atoms with Crippen LogP contribution in [0.5, 0.6) is 0 Å². The second-order valence-electron chi connectivity index (χ2n) is 1.58. The van der Waals surface area contributed by atoms with Crippen LogP contribution in [0.4, 0.5) is 0 Å². The van der Waals surface area contributed by atoms with Crippen LogP contribution in [0.3, 0.4) is 0 Å². The van der Waals surface area contributed by atoms with Gasteiger partial charge in [0.1, 0.15) is 0 Å². The first-order valence-electron chi connectivity index (χ1n) is 2.29. The molecule has 6 radical (unpaired) electrons. The molecule has 0 saturated heterocycles. The number of hydrogen-bond acceptors (Lipinski definition) is 2. The molecule has 0 aliphatic carbocycles. The van der Waals surface area contributed by atoms with Gasteiger partial charge in [0.05, 0.1) is 30.1 Å². The molecule has 0 rings (SSSR count). The highest BCUT2D eigenvalue weighted by atomic mass is 16.3. The molecule has 0 aliphatic heterocycles. The maximum atomic E-state index is 8.20. The lowest BCUT2D eigenvalue weighted by Gasteiger charge is -2.20. The van der Waals surface area contributed by atoms with Gasteiger partial charge in [0, 0.05) is 6.54 Å². The van der Waals surface area contributed by atoms with E-state index in [2.05, 4.69) is 5.32 Å². The van der Waals surface area contributed by atoms with Crippen LogP contribution in [0, 0.1) is 0 Å². The standard InChI is InChI=1S/C3H6B3NO/c4-3(5,6)7-1-2-8/h7-8H,1-2H2. The van der Waals surface area contributed by atoms with Crippen LogP contribution < -0.4 is 5.32 Å². The Hall–Kier alpha value is 0.115. The Morgan fingerprint density at radius 1 is 1.38 bits per heavy atom. The molecule has 2 nitrogen and oxygen atoms in total. The summed E-state index contributed by atoms with van der Waals surface area (Å²) in [6.45, 7) is 0.289. The number of aliphatic hydroxyl groups excluding tert-OH is 1. The lowest BCUT2D eigenvalue weighted by atomic mass is 9.49. The van der Waals surface area contributed by atoms with Gasteiger partial charge in [-0.1, -0.05) is 5.24 Å². The average molecular weight is 105 g/mol. The number of nitrogens with one attached hydrogen (secondary N) is 1. The SMILES string of the molecule is [B]C([B])([B])NCCO. The van der Waals surface area contributed by atoms with E-state index in [1.165, 1.54) is 0 Å². The number of rotatable bonds is 3. The van der Waals surface area contributed by atoms with E-state index >= 15 is 0 Å². The van der Waals surface area contributed by atoms with E-state index < -0.39 is 5.24 Å². The maximum Gasteiger partial charge on any atom is 0.0695 e. The van der Waals surface area contributed by atoms with Crippen molar-refractivity contribution in [3.63, 3.8) is 0 Å². The fraction of sp³-hybridized carbons (Fsp3) is 1.00. The van der Waals surface area contributed by atoms with E-state index in [1.807, 2.05) is 0 Å². The largest absolute Gasteiger partial charge is 0.395 e. The lowest BCUT2D eigenvalue weighted by molar-refractivity contribution is 0.292. The van der Waals surface area contributed by atoms with Crippen LogP contribution in [0.15, 0.2) is 0 Å². The van der Waals surface area contributed by atoms with E-state index in [9.17, 15) is 0 Å². The Labute approximate surface area is 53.3 Å². The highest BCUT2D eigenvalue weighted by Gasteiger charge is 2.04. The van der Waals surface area contributed by atoms with Gasteiger partial charge in [-0.25, -0.2) is 0 Å². The summed E-state index contributed by atoms with van der Waals surface area (Å²) in [7, 11) is 15.2. The van der Waals surface area contributed by atoms with Crippen molar-refractivity contribution >= 4 is 23.5 Å². The first kappa shape index (κ1) is 8.11. The van der Waals surface area contributed by atoms with Crippen LogP contribution in [0.1, 0.15) is 0 Å². The first-order valence-corrected chi connectivity index (χ1v) is 2.29. The minimum Gasteiger partial charge on any atom is -0.395 e. The van der Waals surface area contributed by atoms with Crippen LogP contribution in [-0.4, -0.2) is 47.0 Å². The highest BCUT2D eigenvalue weighted by molar-refractivity contribution is 6.59. The summed E-state index contributed by atoms with van der Waals surface area (Å²) in [5.74, 6) is 0. The summed E-state index contributed by atoms with van der Waals surface area (Å²) >= 11 is 0. The summed E-state index contributed by atoms with van der Waals surface area (Å²) in [6.07, 6.45) is 0. The maximum absolute atomic E-state index is 8.20. The van der Waals surface area contributed by atoms with Gasteiger partial charge in [0.25, 0.3) is 0 Å². The van der Waals surface area contributed by atoms with Crippen molar-refractivity contribution < 1.29 is 5.11 Å². The molecule has 0 bridgehead atoms. The Bertz CT molecular complexity index is 62.0. The molecule has 0 amide bonds. The Morgan fingerprint density at radius 3 is 2.00 bits per heavy atom. The van der Waals surface area contributed by atoms with Crippen molar-refractivity contribution in [3.8, 4) is 0 Å². The van der Waals surface area contributed by atoms with Crippen LogP contribution in [0.25, 0.3) is 0 Å². The lowest BCUT2D eigenvalue weighted by Crippen LogP contribution is -2.48. The van der Waals surface area contributed by atoms with Crippen molar-refractivity contribution in [2.75, 3.05) is 13.2 Å². The zero-order chi connectivity index (χ0) is 6.62. The molecular weight excluding hydrogens is 98.5 g/mol. The first-order chi connectivity index (χ1) is 3.56. The fourth-order valence-corrected chi connectivity index (χ4v) is 0.272. The topological polar surface area (TPSA) is 32.3 Å². The predicted molar refractivity (Wildman–Crippen MR) is 35.1 cm³/mol. The molecule has 0 saturated carbocycles. The van der Waals surface area contributed by atoms with Crippen LogP contribution >= 0.6 is 0 Å². The molecule has 0 heterocycles. The quantitative estimate of drug-likeness (QED) is 0.394. The molecule has 5 heteroatoms. The molecule has 2 N–H and O–H groups in total. The van der Waals surface area contributed by atoms with E-state index in [4.69, 9.17) is 28.6 Å². The molecule has 0 aromatic rings. The van der Waals surface area contributed by atoms with E-state index in [0.29, 0.717) is 6.54 Å². The molecule has 0 spiro atoms. The second-order valence-corrected chi connectivity index (χ2v) is 1.58. The monoisotopic (exact) mass is 105 g/mol. The zero-order valence-corrected chi connectivity index (χ0v) is 4.59. The summed E-state index contributed by atoms with van der Waals surface area (Å²) in [5.41, 5.74) is 0. The normalized spacial score (nSPS) is 11.6. The summed E-state index contributed by atoms with van der Waals surface area (Å²) in [4.78, 5) is 0. The van der Waals surface area contributed by atoms with Gasteiger partial charge < -0.3 is 10.4 Å². The van der Waals surface area contributed by atoms with Crippen molar-refractivity contribution in [2.45, 2.75) is 5.24 Å². The highest BCUT2D eigenvalue weighted by Crippen LogP contribution is 1.78. The van der Waals surface area contributed by atoms with Gasteiger partial charge in [-0.05, 0) is 0 Å². The van der Waals surface area contributed by atoms with Crippen LogP contribution in [-0.2, 0) is 0 Å². The molecule has 0 aliphatic rings. The molecule has 8 heavy (non-hydrogen) atoms. The Kier molecular flexibility index (Phi) is 3.25. The van der Waals surface area contributed by atoms with E-state index in [0.717, 1.165) is 0 Å². The third-order valence-electron chi connectivity index (χ3n) is 0.543. The molecule has 0 fully saturated rings. The van der Waals surface area contributed by atoms with Gasteiger partial charge in [0.2, 0.25) is 0 Å². The molecule has 0 atom stereocenters. The van der Waals surface area contributed by atoms with Crippen molar-refractivity contribution in [1.29, 1.82) is 0 Å². The fourth-order valence-electron chi connectivity index (χ4n) is 0.272. The smallest absolute Gasteiger partial charge is 0.0695 e. The molecular formula is C3H6B3NO. The minimum atomic E-state index is -1.36. The summed E-state index contributed by atoms with van der Waals surface area (Å²) < 4.78 is 0. The second kappa shape index (κ2) is 3.20. The third-order valence-corrected chi connectivity index (χ3v) is 0.543. The van der Waals surface area contributed by atoms with Crippen molar-refractivity contribution in [2.24, 2.45) is 0 Å². The minimum absolute atomic E-state index is 0.0205. The van der Waals surface area contributed by atoms with Gasteiger partial charge in [-0.3, -0.25) is 0 Å². The van der Waals surface area contributed by atoms with E-state index in [-0.39, 0.29) is 6.61 Å². The third kappa shape index (κ3) is 6.11.